The summed E-state index contributed by atoms with van der Waals surface area (Å²) in [6.45, 7) is 3.65. The third-order valence-electron chi connectivity index (χ3n) is 12.4. The van der Waals surface area contributed by atoms with Crippen molar-refractivity contribution in [2.24, 2.45) is 29.1 Å². The fourth-order valence-electron chi connectivity index (χ4n) is 9.93. The first-order valence-electron chi connectivity index (χ1n) is 15.7. The predicted molar refractivity (Wildman–Crippen MR) is 171 cm³/mol. The fourth-order valence-corrected chi connectivity index (χ4v) is 10.3. The highest BCUT2D eigenvalue weighted by Gasteiger charge is 2.72. The van der Waals surface area contributed by atoms with Crippen LogP contribution >= 0.6 is 12.6 Å². The number of fused-ring (bicyclic) bond motifs is 7. The number of aliphatic hydroxyl groups is 4. The van der Waals surface area contributed by atoms with Gasteiger partial charge in [0, 0.05) is 29.7 Å². The maximum Gasteiger partial charge on any atom is 0.333 e. The summed E-state index contributed by atoms with van der Waals surface area (Å²) in [4.78, 5) is 25.4. The number of carbonyl (C=O) groups is 2. The number of rotatable bonds is 5. The van der Waals surface area contributed by atoms with Crippen LogP contribution in [0.4, 0.5) is 0 Å². The fraction of sp³-hybridized carbons (Fsp3) is 0.806. The minimum atomic E-state index is -1.55. The van der Waals surface area contributed by atoms with Crippen LogP contribution < -0.4 is 0 Å². The molecule has 13 atom stereocenters. The molecular formula is C31H42B4O8S. The van der Waals surface area contributed by atoms with Gasteiger partial charge in [-0.25, -0.2) is 4.79 Å². The van der Waals surface area contributed by atoms with Gasteiger partial charge in [0.15, 0.2) is 0 Å². The number of ether oxygens (including phenoxy) is 2. The molecule has 0 aromatic carbocycles. The maximum atomic E-state index is 12.9. The van der Waals surface area contributed by atoms with Crippen molar-refractivity contribution in [1.29, 1.82) is 0 Å². The molecule has 0 amide bonds. The first-order valence-corrected chi connectivity index (χ1v) is 16.1. The summed E-state index contributed by atoms with van der Waals surface area (Å²) in [5.41, 5.74) is -0.543. The van der Waals surface area contributed by atoms with Crippen LogP contribution in [0.3, 0.4) is 0 Å². The van der Waals surface area contributed by atoms with Crippen LogP contribution in [0, 0.1) is 29.1 Å². The van der Waals surface area contributed by atoms with Crippen LogP contribution in [0.1, 0.15) is 65.7 Å². The lowest BCUT2D eigenvalue weighted by Gasteiger charge is -2.72. The Bertz CT molecular complexity index is 1250. The molecule has 5 rings (SSSR count). The van der Waals surface area contributed by atoms with Crippen LogP contribution in [0.5, 0.6) is 0 Å². The van der Waals surface area contributed by atoms with Crippen molar-refractivity contribution < 1.29 is 39.5 Å². The zero-order chi connectivity index (χ0) is 32.6. The number of hydrogen-bond acceptors (Lipinski definition) is 9. The summed E-state index contributed by atoms with van der Waals surface area (Å²) in [7, 11) is 28.8. The predicted octanol–water partition coefficient (Wildman–Crippen LogP) is 1.45. The van der Waals surface area contributed by atoms with Gasteiger partial charge in [-0.05, 0) is 62.6 Å². The van der Waals surface area contributed by atoms with Gasteiger partial charge in [-0.1, -0.05) is 47.6 Å². The zero-order valence-electron chi connectivity index (χ0n) is 25.8. The molecule has 13 heteroatoms. The molecule has 0 aromatic rings. The number of esters is 2. The lowest BCUT2D eigenvalue weighted by atomic mass is 9.23. The van der Waals surface area contributed by atoms with Gasteiger partial charge < -0.3 is 29.9 Å². The molecule has 3 unspecified atom stereocenters. The Morgan fingerprint density at radius 2 is 1.73 bits per heavy atom. The van der Waals surface area contributed by atoms with Gasteiger partial charge in [-0.2, -0.15) is 12.6 Å². The minimum absolute atomic E-state index is 0.0268. The molecule has 8 radical (unpaired) electrons. The standard InChI is InChI=1S/C31H42B4O8S/c1-4-15(2)26(41)43-25-24(42-16(3)38)27(14-37)20(11-31(25,35)44)19-5-6-22-28(32)9-8-21(39)17(13-36)18(28)7-10-29(22,33)30(19,34)12-23(27)40/h4-5,17-18,20-25,36-37,39-40,44H,6-14H2,1-3H3/b15-4-/t17-,18?,20?,21+,22?,23-,24+,25+,27+,28-,29+,30+,31-/m1/s1. The molecule has 0 heterocycles. The molecule has 4 N–H and O–H groups in total. The van der Waals surface area contributed by atoms with E-state index in [-0.39, 0.29) is 37.2 Å². The summed E-state index contributed by atoms with van der Waals surface area (Å²) in [6, 6.07) is 0. The molecule has 0 saturated heterocycles. The Morgan fingerprint density at radius 1 is 1.05 bits per heavy atom. The lowest BCUT2D eigenvalue weighted by Crippen LogP contribution is -2.72. The molecular weight excluding hydrogens is 576 g/mol. The SMILES string of the molecule is [B][C@]12CC[C@H](O)[C@H](CO)C1CC[C@]1([B])C2CC=C2C3C[C@@]([B])(S)[C@@H](OC(=O)/C(C)=C\C)[C@H](OC(C)=O)[C@]3(CO)[C@H](O)C[C@]21[B]. The molecule has 232 valence electrons. The highest BCUT2D eigenvalue weighted by molar-refractivity contribution is 7.83. The molecule has 0 aliphatic heterocycles. The highest BCUT2D eigenvalue weighted by atomic mass is 32.1. The van der Waals surface area contributed by atoms with Gasteiger partial charge in [0.05, 0.1) is 55.6 Å². The van der Waals surface area contributed by atoms with Gasteiger partial charge >= 0.3 is 11.9 Å². The topological polar surface area (TPSA) is 134 Å². The molecule has 5 aliphatic rings. The van der Waals surface area contributed by atoms with Crippen LogP contribution in [0.2, 0.25) is 15.9 Å². The summed E-state index contributed by atoms with van der Waals surface area (Å²) >= 11 is 4.75. The Hall–Kier alpha value is -1.13. The van der Waals surface area contributed by atoms with E-state index in [1.54, 1.807) is 19.9 Å². The first-order chi connectivity index (χ1) is 20.5. The number of allylic oxidation sites excluding steroid dienone is 3. The van der Waals surface area contributed by atoms with Gasteiger partial charge in [-0.15, -0.1) is 0 Å². The molecule has 4 saturated carbocycles. The molecule has 0 bridgehead atoms. The van der Waals surface area contributed by atoms with E-state index in [4.69, 9.17) is 53.5 Å². The van der Waals surface area contributed by atoms with E-state index in [0.29, 0.717) is 43.3 Å². The van der Waals surface area contributed by atoms with Gasteiger partial charge in [-0.3, -0.25) is 4.79 Å². The summed E-state index contributed by atoms with van der Waals surface area (Å²) < 4.78 is 10.1. The van der Waals surface area contributed by atoms with E-state index >= 15 is 0 Å². The van der Waals surface area contributed by atoms with E-state index in [1.165, 1.54) is 6.92 Å². The Labute approximate surface area is 271 Å². The number of carbonyl (C=O) groups excluding carboxylic acids is 2. The normalized spacial score (nSPS) is 50.2. The van der Waals surface area contributed by atoms with Crippen LogP contribution in [0.25, 0.3) is 0 Å². The van der Waals surface area contributed by atoms with E-state index in [9.17, 15) is 30.0 Å². The molecule has 0 aromatic heterocycles. The second-order valence-corrected chi connectivity index (χ2v) is 15.1. The second-order valence-electron chi connectivity index (χ2n) is 14.2. The van der Waals surface area contributed by atoms with E-state index in [0.717, 1.165) is 0 Å². The zero-order valence-corrected chi connectivity index (χ0v) is 26.7. The Kier molecular flexibility index (Phi) is 8.97. The monoisotopic (exact) mass is 618 g/mol. The number of hydrogen-bond donors (Lipinski definition) is 5. The van der Waals surface area contributed by atoms with Crippen molar-refractivity contribution in [1.82, 2.24) is 0 Å². The molecule has 44 heavy (non-hydrogen) atoms. The molecule has 4 fully saturated rings. The number of aliphatic hydroxyl groups excluding tert-OH is 4. The van der Waals surface area contributed by atoms with E-state index < -0.39 is 74.9 Å². The van der Waals surface area contributed by atoms with Gasteiger partial charge in [0.1, 0.15) is 12.2 Å². The third kappa shape index (κ3) is 4.68. The van der Waals surface area contributed by atoms with E-state index in [1.807, 2.05) is 6.08 Å². The van der Waals surface area contributed by atoms with E-state index in [2.05, 4.69) is 0 Å². The Balaban J connectivity index is 1.62. The average Bonchev–Trinajstić information content (AvgIpc) is 2.95. The number of thiol groups is 1. The largest absolute Gasteiger partial charge is 0.458 e. The van der Waals surface area contributed by atoms with Gasteiger partial charge in [0.25, 0.3) is 0 Å². The molecule has 8 nitrogen and oxygen atoms in total. The summed E-state index contributed by atoms with van der Waals surface area (Å²) in [6.07, 6.45) is 1.22. The summed E-state index contributed by atoms with van der Waals surface area (Å²) in [5.74, 6) is -2.98. The summed E-state index contributed by atoms with van der Waals surface area (Å²) in [5, 5.41) is 40.9. The highest BCUT2D eigenvalue weighted by Crippen LogP contribution is 2.80. The first kappa shape index (κ1) is 34.2. The van der Waals surface area contributed by atoms with Crippen molar-refractivity contribution in [3.63, 3.8) is 0 Å². The minimum Gasteiger partial charge on any atom is -0.458 e. The smallest absolute Gasteiger partial charge is 0.333 e. The average molecular weight is 618 g/mol. The third-order valence-corrected chi connectivity index (χ3v) is 12.8. The van der Waals surface area contributed by atoms with Crippen LogP contribution in [-0.2, 0) is 19.1 Å². The van der Waals surface area contributed by atoms with Crippen molar-refractivity contribution >= 4 is 56.0 Å². The second kappa shape index (κ2) is 11.5. The molecule has 5 aliphatic carbocycles. The Morgan fingerprint density at radius 3 is 2.32 bits per heavy atom. The van der Waals surface area contributed by atoms with Crippen molar-refractivity contribution in [2.75, 3.05) is 13.2 Å². The van der Waals surface area contributed by atoms with Crippen molar-refractivity contribution in [2.45, 2.75) is 111 Å². The van der Waals surface area contributed by atoms with Gasteiger partial charge in [0.2, 0.25) is 0 Å². The lowest BCUT2D eigenvalue weighted by molar-refractivity contribution is -0.226. The van der Waals surface area contributed by atoms with Crippen molar-refractivity contribution in [3.05, 3.63) is 23.3 Å². The maximum absolute atomic E-state index is 12.9. The van der Waals surface area contributed by atoms with Crippen LogP contribution in [-0.4, -0.2) is 106 Å². The van der Waals surface area contributed by atoms with Crippen molar-refractivity contribution in [3.8, 4) is 0 Å². The van der Waals surface area contributed by atoms with Crippen LogP contribution in [0.15, 0.2) is 23.3 Å². The quantitative estimate of drug-likeness (QED) is 0.103. The molecule has 0 spiro atoms.